The van der Waals surface area contributed by atoms with Crippen LogP contribution in [0.5, 0.6) is 0 Å². The fourth-order valence-electron chi connectivity index (χ4n) is 9.08. The van der Waals surface area contributed by atoms with E-state index < -0.39 is 0 Å². The van der Waals surface area contributed by atoms with Gasteiger partial charge in [0.1, 0.15) is 0 Å². The highest BCUT2D eigenvalue weighted by molar-refractivity contribution is 6.24. The molecule has 57 heavy (non-hydrogen) atoms. The van der Waals surface area contributed by atoms with Crippen molar-refractivity contribution < 1.29 is 0 Å². The summed E-state index contributed by atoms with van der Waals surface area (Å²) in [6.07, 6.45) is 0. The molecule has 0 aliphatic carbocycles. The van der Waals surface area contributed by atoms with Crippen LogP contribution < -0.4 is 0 Å². The van der Waals surface area contributed by atoms with Crippen LogP contribution in [0.15, 0.2) is 224 Å². The second-order valence-corrected chi connectivity index (χ2v) is 14.8. The van der Waals surface area contributed by atoms with E-state index >= 15 is 0 Å². The fraction of sp³-hybridized carbons (Fsp3) is 0. The Labute approximate surface area is 332 Å². The van der Waals surface area contributed by atoms with E-state index in [1.807, 2.05) is 0 Å². The third-order valence-corrected chi connectivity index (χ3v) is 11.6. The maximum Gasteiger partial charge on any atom is 0.0541 e. The summed E-state index contributed by atoms with van der Waals surface area (Å²) in [6, 6.07) is 82.0. The minimum atomic E-state index is 1.15. The predicted molar refractivity (Wildman–Crippen MR) is 243 cm³/mol. The van der Waals surface area contributed by atoms with Gasteiger partial charge in [-0.15, -0.1) is 0 Å². The average Bonchev–Trinajstić information content (AvgIpc) is 3.63. The minimum Gasteiger partial charge on any atom is -0.309 e. The van der Waals surface area contributed by atoms with E-state index in [9.17, 15) is 0 Å². The summed E-state index contributed by atoms with van der Waals surface area (Å²) in [5.74, 6) is 0. The highest BCUT2D eigenvalue weighted by Crippen LogP contribution is 2.48. The lowest BCUT2D eigenvalue weighted by Crippen LogP contribution is -1.95. The Hall–Kier alpha value is -7.48. The van der Waals surface area contributed by atoms with Crippen molar-refractivity contribution in [3.63, 3.8) is 0 Å². The van der Waals surface area contributed by atoms with Crippen molar-refractivity contribution in [1.29, 1.82) is 0 Å². The third-order valence-electron chi connectivity index (χ3n) is 11.6. The Morgan fingerprint density at radius 1 is 0.228 bits per heavy atom. The first-order valence-electron chi connectivity index (χ1n) is 19.7. The number of fused-ring (bicyclic) bond motifs is 5. The maximum absolute atomic E-state index is 2.43. The van der Waals surface area contributed by atoms with Crippen molar-refractivity contribution >= 4 is 43.4 Å². The van der Waals surface area contributed by atoms with Gasteiger partial charge in [-0.25, -0.2) is 0 Å². The molecule has 0 bridgehead atoms. The van der Waals surface area contributed by atoms with E-state index in [-0.39, 0.29) is 0 Å². The molecule has 0 saturated carbocycles. The average molecular weight is 724 g/mol. The maximum atomic E-state index is 2.43. The lowest BCUT2D eigenvalue weighted by atomic mass is 9.81. The zero-order valence-corrected chi connectivity index (χ0v) is 31.3. The van der Waals surface area contributed by atoms with Gasteiger partial charge < -0.3 is 4.57 Å². The van der Waals surface area contributed by atoms with E-state index in [1.54, 1.807) is 0 Å². The molecule has 1 aromatic heterocycles. The summed E-state index contributed by atoms with van der Waals surface area (Å²) in [6.45, 7) is 0. The van der Waals surface area contributed by atoms with Crippen molar-refractivity contribution in [2.45, 2.75) is 0 Å². The van der Waals surface area contributed by atoms with Crippen molar-refractivity contribution in [3.05, 3.63) is 224 Å². The number of hydrogen-bond acceptors (Lipinski definition) is 0. The quantitative estimate of drug-likeness (QED) is 0.151. The van der Waals surface area contributed by atoms with Crippen LogP contribution in [0.3, 0.4) is 0 Å². The first-order valence-corrected chi connectivity index (χ1v) is 19.7. The van der Waals surface area contributed by atoms with Crippen LogP contribution >= 0.6 is 0 Å². The van der Waals surface area contributed by atoms with Gasteiger partial charge in [-0.2, -0.15) is 0 Å². The molecule has 0 unspecified atom stereocenters. The van der Waals surface area contributed by atoms with Crippen molar-refractivity contribution in [2.24, 2.45) is 0 Å². The molecular formula is C56H37N. The van der Waals surface area contributed by atoms with Crippen molar-refractivity contribution in [1.82, 2.24) is 4.57 Å². The summed E-state index contributed by atoms with van der Waals surface area (Å²) < 4.78 is 2.38. The largest absolute Gasteiger partial charge is 0.309 e. The van der Waals surface area contributed by atoms with Crippen LogP contribution in [0, 0.1) is 0 Å². The van der Waals surface area contributed by atoms with Crippen molar-refractivity contribution in [3.8, 4) is 61.3 Å². The highest BCUT2D eigenvalue weighted by Gasteiger charge is 2.21. The predicted octanol–water partition coefficient (Wildman–Crippen LogP) is 15.4. The number of aromatic nitrogens is 1. The fourth-order valence-corrected chi connectivity index (χ4v) is 9.08. The molecule has 1 heteroatoms. The van der Waals surface area contributed by atoms with Crippen LogP contribution in [0.25, 0.3) is 105 Å². The molecule has 0 N–H and O–H groups in total. The van der Waals surface area contributed by atoms with Crippen LogP contribution in [-0.4, -0.2) is 4.57 Å². The van der Waals surface area contributed by atoms with Crippen LogP contribution in [0.4, 0.5) is 0 Å². The van der Waals surface area contributed by atoms with E-state index in [4.69, 9.17) is 0 Å². The molecule has 266 valence electrons. The number of hydrogen-bond donors (Lipinski definition) is 0. The van der Waals surface area contributed by atoms with E-state index in [1.165, 1.54) is 99.0 Å². The monoisotopic (exact) mass is 723 g/mol. The van der Waals surface area contributed by atoms with E-state index in [0.717, 1.165) is 5.69 Å². The van der Waals surface area contributed by atoms with Gasteiger partial charge in [0, 0.05) is 16.5 Å². The zero-order valence-electron chi connectivity index (χ0n) is 31.3. The van der Waals surface area contributed by atoms with E-state index in [0.29, 0.717) is 0 Å². The lowest BCUT2D eigenvalue weighted by molar-refractivity contribution is 1.18. The molecule has 1 nitrogen and oxygen atoms in total. The van der Waals surface area contributed by atoms with Gasteiger partial charge in [0.05, 0.1) is 11.0 Å². The second kappa shape index (κ2) is 13.7. The first-order chi connectivity index (χ1) is 28.3. The Balaban J connectivity index is 1.17. The molecule has 0 spiro atoms. The Morgan fingerprint density at radius 2 is 0.614 bits per heavy atom. The van der Waals surface area contributed by atoms with Gasteiger partial charge in [0.15, 0.2) is 0 Å². The van der Waals surface area contributed by atoms with Gasteiger partial charge in [0.25, 0.3) is 0 Å². The molecule has 1 heterocycles. The second-order valence-electron chi connectivity index (χ2n) is 14.8. The SMILES string of the molecule is c1ccc(-c2ccccc2-c2c3ccccc3c(-c3ccccc3-c3ccccc3)c3cc(-c4ccc(-n5c6ccccc6c6ccccc65)cc4)ccc23)cc1. The van der Waals surface area contributed by atoms with Gasteiger partial charge in [-0.05, 0) is 108 Å². The number of nitrogens with zero attached hydrogens (tertiary/aromatic N) is 1. The molecule has 0 radical (unpaired) electrons. The standard InChI is InChI=1S/C56H37N/c1-3-17-39(18-4-1)43-21-7-9-25-47(43)55-49-27-11-12-28-50(49)56(48-26-10-8-22-44(48)40-19-5-2-6-20-40)52-37-41(33-36-51(52)55)38-31-34-42(35-32-38)57-53-29-15-13-23-45(53)46-24-14-16-30-54(46)57/h1-37H. The van der Waals surface area contributed by atoms with Crippen molar-refractivity contribution in [2.75, 3.05) is 0 Å². The van der Waals surface area contributed by atoms with Crippen LogP contribution in [0.2, 0.25) is 0 Å². The van der Waals surface area contributed by atoms with Crippen LogP contribution in [-0.2, 0) is 0 Å². The molecule has 10 aromatic carbocycles. The Kier molecular flexibility index (Phi) is 7.89. The molecule has 0 atom stereocenters. The third kappa shape index (κ3) is 5.47. The summed E-state index contributed by atoms with van der Waals surface area (Å²) in [5.41, 5.74) is 15.8. The normalized spacial score (nSPS) is 11.5. The van der Waals surface area contributed by atoms with Gasteiger partial charge >= 0.3 is 0 Å². The molecule has 0 aliphatic rings. The van der Waals surface area contributed by atoms with Gasteiger partial charge in [0.2, 0.25) is 0 Å². The zero-order chi connectivity index (χ0) is 37.7. The summed E-state index contributed by atoms with van der Waals surface area (Å²) in [4.78, 5) is 0. The smallest absolute Gasteiger partial charge is 0.0541 e. The van der Waals surface area contributed by atoms with Gasteiger partial charge in [-0.3, -0.25) is 0 Å². The Morgan fingerprint density at radius 3 is 1.14 bits per heavy atom. The minimum absolute atomic E-state index is 1.15. The topological polar surface area (TPSA) is 4.93 Å². The summed E-state index contributed by atoms with van der Waals surface area (Å²) >= 11 is 0. The molecule has 0 fully saturated rings. The molecule has 11 aromatic rings. The Bertz CT molecular complexity index is 3210. The first kappa shape index (κ1) is 32.9. The summed E-state index contributed by atoms with van der Waals surface area (Å²) in [5, 5.41) is 7.50. The molecular weight excluding hydrogens is 687 g/mol. The number of para-hydroxylation sites is 2. The molecule has 11 rings (SSSR count). The molecule has 0 saturated heterocycles. The number of benzene rings is 10. The van der Waals surface area contributed by atoms with Gasteiger partial charge in [-0.1, -0.05) is 194 Å². The highest BCUT2D eigenvalue weighted by atomic mass is 15.0. The molecule has 0 aliphatic heterocycles. The lowest BCUT2D eigenvalue weighted by Gasteiger charge is -2.22. The number of rotatable bonds is 6. The summed E-state index contributed by atoms with van der Waals surface area (Å²) in [7, 11) is 0. The van der Waals surface area contributed by atoms with E-state index in [2.05, 4.69) is 229 Å². The van der Waals surface area contributed by atoms with Crippen LogP contribution in [0.1, 0.15) is 0 Å². The molecule has 0 amide bonds.